The Bertz CT molecular complexity index is 754. The molecule has 0 amide bonds. The molecule has 0 aliphatic rings. The number of nitrogens with two attached hydrogens (primary N) is 1. The molecule has 0 unspecified atom stereocenters. The fourth-order valence-corrected chi connectivity index (χ4v) is 3.89. The minimum atomic E-state index is -3.51. The summed E-state index contributed by atoms with van der Waals surface area (Å²) in [5, 5.41) is 0.458. The van der Waals surface area contributed by atoms with Gasteiger partial charge in [-0.1, -0.05) is 29.8 Å². The minimum absolute atomic E-state index is 0.153. The first-order valence-electron chi connectivity index (χ1n) is 6.13. The van der Waals surface area contributed by atoms with E-state index in [0.29, 0.717) is 10.6 Å². The summed E-state index contributed by atoms with van der Waals surface area (Å²) >= 11 is 6.09. The summed E-state index contributed by atoms with van der Waals surface area (Å²) in [7, 11) is -3.51. The average molecular weight is 310 g/mol. The van der Waals surface area contributed by atoms with Crippen molar-refractivity contribution in [3.05, 3.63) is 58.1 Å². The lowest BCUT2D eigenvalue weighted by atomic mass is 10.2. The van der Waals surface area contributed by atoms with E-state index in [4.69, 9.17) is 17.3 Å². The maximum Gasteiger partial charge on any atom is 0.184 e. The van der Waals surface area contributed by atoms with E-state index in [-0.39, 0.29) is 16.3 Å². The summed E-state index contributed by atoms with van der Waals surface area (Å²) in [6.45, 7) is 3.77. The molecule has 2 rings (SSSR count). The number of sulfone groups is 1. The molecule has 0 radical (unpaired) electrons. The van der Waals surface area contributed by atoms with Gasteiger partial charge in [0, 0.05) is 5.02 Å². The van der Waals surface area contributed by atoms with Crippen molar-refractivity contribution >= 4 is 27.1 Å². The summed E-state index contributed by atoms with van der Waals surface area (Å²) in [6, 6.07) is 10.3. The van der Waals surface area contributed by atoms with Gasteiger partial charge in [-0.25, -0.2) is 8.42 Å². The van der Waals surface area contributed by atoms with Crippen molar-refractivity contribution < 1.29 is 8.42 Å². The van der Waals surface area contributed by atoms with Gasteiger partial charge in [0.2, 0.25) is 0 Å². The Morgan fingerprint density at radius 2 is 1.65 bits per heavy atom. The van der Waals surface area contributed by atoms with Crippen molar-refractivity contribution in [1.29, 1.82) is 0 Å². The topological polar surface area (TPSA) is 60.2 Å². The Labute approximate surface area is 124 Å². The Kier molecular flexibility index (Phi) is 4.06. The highest BCUT2D eigenvalue weighted by Crippen LogP contribution is 2.26. The quantitative estimate of drug-likeness (QED) is 0.883. The van der Waals surface area contributed by atoms with Gasteiger partial charge in [0.15, 0.2) is 9.84 Å². The van der Waals surface area contributed by atoms with E-state index in [2.05, 4.69) is 0 Å². The summed E-state index contributed by atoms with van der Waals surface area (Å²) in [6.07, 6.45) is 0. The van der Waals surface area contributed by atoms with Gasteiger partial charge >= 0.3 is 0 Å². The first-order chi connectivity index (χ1) is 9.29. The molecule has 2 aromatic carbocycles. The van der Waals surface area contributed by atoms with Gasteiger partial charge < -0.3 is 5.73 Å². The second-order valence-electron chi connectivity index (χ2n) is 4.90. The number of nitrogen functional groups attached to an aromatic ring is 1. The molecule has 0 atom stereocenters. The maximum atomic E-state index is 12.4. The molecule has 0 spiro atoms. The fraction of sp³-hybridized carbons (Fsp3) is 0.200. The van der Waals surface area contributed by atoms with Crippen LogP contribution in [-0.2, 0) is 15.6 Å². The molecule has 0 aliphatic carbocycles. The maximum absolute atomic E-state index is 12.4. The third kappa shape index (κ3) is 3.14. The van der Waals surface area contributed by atoms with E-state index < -0.39 is 9.84 Å². The Hall–Kier alpha value is -1.52. The standard InChI is InChI=1S/C15H16ClNO2S/c1-10-3-5-12(13(16)7-10)9-20(18,19)15-6-4-11(2)8-14(15)17/h3-8H,9,17H2,1-2H3. The Morgan fingerprint density at radius 3 is 2.25 bits per heavy atom. The fourth-order valence-electron chi connectivity index (χ4n) is 2.00. The van der Waals surface area contributed by atoms with Crippen LogP contribution < -0.4 is 5.73 Å². The van der Waals surface area contributed by atoms with Crippen LogP contribution in [0.3, 0.4) is 0 Å². The summed E-state index contributed by atoms with van der Waals surface area (Å²) in [5.74, 6) is -0.153. The molecule has 0 saturated heterocycles. The normalized spacial score (nSPS) is 11.6. The van der Waals surface area contributed by atoms with E-state index in [1.165, 1.54) is 0 Å². The van der Waals surface area contributed by atoms with E-state index in [0.717, 1.165) is 11.1 Å². The number of benzene rings is 2. The largest absolute Gasteiger partial charge is 0.398 e. The van der Waals surface area contributed by atoms with Crippen LogP contribution in [0.15, 0.2) is 41.3 Å². The molecule has 0 bridgehead atoms. The third-order valence-electron chi connectivity index (χ3n) is 3.05. The highest BCUT2D eigenvalue weighted by molar-refractivity contribution is 7.90. The van der Waals surface area contributed by atoms with Crippen molar-refractivity contribution in [2.75, 3.05) is 5.73 Å². The van der Waals surface area contributed by atoms with E-state index >= 15 is 0 Å². The van der Waals surface area contributed by atoms with Gasteiger partial charge in [-0.15, -0.1) is 0 Å². The molecule has 0 aliphatic heterocycles. The Balaban J connectivity index is 2.41. The second-order valence-corrected chi connectivity index (χ2v) is 7.26. The molecule has 2 N–H and O–H groups in total. The molecule has 0 heterocycles. The first kappa shape index (κ1) is 14.9. The van der Waals surface area contributed by atoms with Crippen LogP contribution in [-0.4, -0.2) is 8.42 Å². The van der Waals surface area contributed by atoms with Crippen LogP contribution in [0.4, 0.5) is 5.69 Å². The first-order valence-corrected chi connectivity index (χ1v) is 8.16. The van der Waals surface area contributed by atoms with Crippen molar-refractivity contribution in [3.8, 4) is 0 Å². The summed E-state index contributed by atoms with van der Waals surface area (Å²) < 4.78 is 24.9. The number of rotatable bonds is 3. The number of hydrogen-bond donors (Lipinski definition) is 1. The van der Waals surface area contributed by atoms with Crippen molar-refractivity contribution in [3.63, 3.8) is 0 Å². The monoisotopic (exact) mass is 309 g/mol. The molecular formula is C15H16ClNO2S. The van der Waals surface area contributed by atoms with Crippen molar-refractivity contribution in [2.24, 2.45) is 0 Å². The number of halogens is 1. The zero-order valence-corrected chi connectivity index (χ0v) is 12.9. The van der Waals surface area contributed by atoms with Crippen LogP contribution >= 0.6 is 11.6 Å². The van der Waals surface area contributed by atoms with E-state index in [1.54, 1.807) is 30.3 Å². The average Bonchev–Trinajstić information content (AvgIpc) is 2.32. The predicted octanol–water partition coefficient (Wildman–Crippen LogP) is 3.51. The molecule has 0 aromatic heterocycles. The van der Waals surface area contributed by atoms with Gasteiger partial charge in [0.25, 0.3) is 0 Å². The highest BCUT2D eigenvalue weighted by atomic mass is 35.5. The van der Waals surface area contributed by atoms with Gasteiger partial charge in [-0.2, -0.15) is 0 Å². The van der Waals surface area contributed by atoms with E-state index in [1.807, 2.05) is 19.9 Å². The van der Waals surface area contributed by atoms with Crippen LogP contribution in [0.5, 0.6) is 0 Å². The van der Waals surface area contributed by atoms with Crippen LogP contribution in [0.1, 0.15) is 16.7 Å². The lowest BCUT2D eigenvalue weighted by molar-refractivity contribution is 0.595. The molecule has 106 valence electrons. The number of aryl methyl sites for hydroxylation is 2. The van der Waals surface area contributed by atoms with Crippen molar-refractivity contribution in [1.82, 2.24) is 0 Å². The number of hydrogen-bond acceptors (Lipinski definition) is 3. The van der Waals surface area contributed by atoms with Gasteiger partial charge in [-0.3, -0.25) is 0 Å². The van der Waals surface area contributed by atoms with Crippen LogP contribution in [0.2, 0.25) is 5.02 Å². The lowest BCUT2D eigenvalue weighted by Gasteiger charge is -2.10. The molecule has 3 nitrogen and oxygen atoms in total. The van der Waals surface area contributed by atoms with Crippen LogP contribution in [0, 0.1) is 13.8 Å². The van der Waals surface area contributed by atoms with Gasteiger partial charge in [0.1, 0.15) is 0 Å². The van der Waals surface area contributed by atoms with Crippen molar-refractivity contribution in [2.45, 2.75) is 24.5 Å². The molecular weight excluding hydrogens is 294 g/mol. The molecule has 0 fully saturated rings. The minimum Gasteiger partial charge on any atom is -0.398 e. The second kappa shape index (κ2) is 5.46. The predicted molar refractivity (Wildman–Crippen MR) is 82.7 cm³/mol. The molecule has 20 heavy (non-hydrogen) atoms. The molecule has 5 heteroatoms. The zero-order valence-electron chi connectivity index (χ0n) is 11.4. The smallest absolute Gasteiger partial charge is 0.184 e. The molecule has 0 saturated carbocycles. The van der Waals surface area contributed by atoms with Gasteiger partial charge in [0.05, 0.1) is 16.3 Å². The highest BCUT2D eigenvalue weighted by Gasteiger charge is 2.19. The molecule has 2 aromatic rings. The summed E-state index contributed by atoms with van der Waals surface area (Å²) in [4.78, 5) is 0.153. The van der Waals surface area contributed by atoms with Crippen LogP contribution in [0.25, 0.3) is 0 Å². The SMILES string of the molecule is Cc1ccc(S(=O)(=O)Cc2ccc(C)cc2Cl)c(N)c1. The van der Waals surface area contributed by atoms with Gasteiger partial charge in [-0.05, 0) is 48.7 Å². The lowest BCUT2D eigenvalue weighted by Crippen LogP contribution is -2.08. The Morgan fingerprint density at radius 1 is 1.05 bits per heavy atom. The number of anilines is 1. The third-order valence-corrected chi connectivity index (χ3v) is 5.14. The summed E-state index contributed by atoms with van der Waals surface area (Å²) in [5.41, 5.74) is 8.58. The zero-order chi connectivity index (χ0) is 14.9. The van der Waals surface area contributed by atoms with E-state index in [9.17, 15) is 8.42 Å².